The zero-order chi connectivity index (χ0) is 10.8. The average Bonchev–Trinajstić information content (AvgIpc) is 2.29. The molecule has 0 radical (unpaired) electrons. The van der Waals surface area contributed by atoms with Crippen LogP contribution in [0.1, 0.15) is 24.0 Å². The van der Waals surface area contributed by atoms with Crippen LogP contribution < -0.4 is 15.2 Å². The second-order valence-corrected chi connectivity index (χ2v) is 3.87. The largest absolute Gasteiger partial charge is 0.493 e. The Labute approximate surface area is 90.2 Å². The molecule has 0 saturated heterocycles. The maximum absolute atomic E-state index is 6.09. The summed E-state index contributed by atoms with van der Waals surface area (Å²) < 4.78 is 10.6. The Morgan fingerprint density at radius 3 is 2.53 bits per heavy atom. The first-order valence-corrected chi connectivity index (χ1v) is 5.30. The van der Waals surface area contributed by atoms with Gasteiger partial charge in [-0.15, -0.1) is 0 Å². The average molecular weight is 207 g/mol. The van der Waals surface area contributed by atoms with Gasteiger partial charge in [-0.2, -0.15) is 0 Å². The molecule has 1 aliphatic rings. The van der Waals surface area contributed by atoms with Crippen LogP contribution in [0.3, 0.4) is 0 Å². The summed E-state index contributed by atoms with van der Waals surface area (Å²) in [7, 11) is 3.27. The molecule has 82 valence electrons. The van der Waals surface area contributed by atoms with E-state index >= 15 is 0 Å². The third kappa shape index (κ3) is 1.62. The molecule has 1 aromatic rings. The Morgan fingerprint density at radius 2 is 1.87 bits per heavy atom. The van der Waals surface area contributed by atoms with Gasteiger partial charge in [0.25, 0.3) is 0 Å². The van der Waals surface area contributed by atoms with Gasteiger partial charge in [-0.25, -0.2) is 0 Å². The van der Waals surface area contributed by atoms with Gasteiger partial charge in [0.15, 0.2) is 11.5 Å². The summed E-state index contributed by atoms with van der Waals surface area (Å²) in [6.07, 6.45) is 4.61. The standard InChI is InChI=1S/C12H17NO2/c1-14-10-7-8-5-3-4-6-9(8)11(13)12(10)15-2/h7H,3-6,13H2,1-2H3. The Hall–Kier alpha value is -1.38. The second kappa shape index (κ2) is 4.01. The number of nitrogens with two attached hydrogens (primary N) is 1. The predicted molar refractivity (Wildman–Crippen MR) is 60.6 cm³/mol. The van der Waals surface area contributed by atoms with Gasteiger partial charge >= 0.3 is 0 Å². The summed E-state index contributed by atoms with van der Waals surface area (Å²) in [5, 5.41) is 0. The maximum Gasteiger partial charge on any atom is 0.184 e. The van der Waals surface area contributed by atoms with Crippen molar-refractivity contribution >= 4 is 5.69 Å². The molecule has 0 atom stereocenters. The molecule has 0 unspecified atom stereocenters. The molecule has 2 N–H and O–H groups in total. The number of nitrogen functional groups attached to an aromatic ring is 1. The molecule has 0 aliphatic heterocycles. The van der Waals surface area contributed by atoms with Gasteiger partial charge in [0, 0.05) is 0 Å². The minimum Gasteiger partial charge on any atom is -0.493 e. The van der Waals surface area contributed by atoms with Crippen LogP contribution in [0.5, 0.6) is 11.5 Å². The molecule has 0 bridgehead atoms. The highest BCUT2D eigenvalue weighted by Crippen LogP contribution is 2.40. The number of hydrogen-bond donors (Lipinski definition) is 1. The second-order valence-electron chi connectivity index (χ2n) is 3.87. The third-order valence-corrected chi connectivity index (χ3v) is 3.03. The Morgan fingerprint density at radius 1 is 1.13 bits per heavy atom. The SMILES string of the molecule is COc1cc2c(c(N)c1OC)CCCC2. The van der Waals surface area contributed by atoms with Crippen molar-refractivity contribution < 1.29 is 9.47 Å². The maximum atomic E-state index is 6.09. The fraction of sp³-hybridized carbons (Fsp3) is 0.500. The molecule has 0 heterocycles. The lowest BCUT2D eigenvalue weighted by atomic mass is 9.90. The van der Waals surface area contributed by atoms with Crippen LogP contribution in [0.15, 0.2) is 6.07 Å². The minimum absolute atomic E-state index is 0.679. The van der Waals surface area contributed by atoms with Crippen LogP contribution in [0.2, 0.25) is 0 Å². The molecule has 0 saturated carbocycles. The van der Waals surface area contributed by atoms with Crippen LogP contribution in [0, 0.1) is 0 Å². The number of methoxy groups -OCH3 is 2. The van der Waals surface area contributed by atoms with Gasteiger partial charge in [0.1, 0.15) is 0 Å². The van der Waals surface area contributed by atoms with Gasteiger partial charge in [0.05, 0.1) is 19.9 Å². The monoisotopic (exact) mass is 207 g/mol. The topological polar surface area (TPSA) is 44.5 Å². The Bertz CT molecular complexity index is 360. The Balaban J connectivity index is 2.57. The van der Waals surface area contributed by atoms with E-state index in [1.807, 2.05) is 0 Å². The molecule has 3 nitrogen and oxygen atoms in total. The normalized spacial score (nSPS) is 14.5. The van der Waals surface area contributed by atoms with Crippen molar-refractivity contribution in [2.75, 3.05) is 20.0 Å². The number of ether oxygens (including phenoxy) is 2. The molecular weight excluding hydrogens is 190 g/mol. The van der Waals surface area contributed by atoms with E-state index in [9.17, 15) is 0 Å². The van der Waals surface area contributed by atoms with Crippen LogP contribution >= 0.6 is 0 Å². The highest BCUT2D eigenvalue weighted by molar-refractivity contribution is 5.68. The van der Waals surface area contributed by atoms with E-state index in [1.54, 1.807) is 14.2 Å². The van der Waals surface area contributed by atoms with Gasteiger partial charge in [-0.3, -0.25) is 0 Å². The zero-order valence-corrected chi connectivity index (χ0v) is 9.30. The zero-order valence-electron chi connectivity index (χ0n) is 9.30. The quantitative estimate of drug-likeness (QED) is 0.756. The van der Waals surface area contributed by atoms with E-state index in [4.69, 9.17) is 15.2 Å². The number of hydrogen-bond acceptors (Lipinski definition) is 3. The molecule has 15 heavy (non-hydrogen) atoms. The highest BCUT2D eigenvalue weighted by Gasteiger charge is 2.19. The summed E-state index contributed by atoms with van der Waals surface area (Å²) in [6, 6.07) is 2.06. The molecule has 0 spiro atoms. The Kier molecular flexibility index (Phi) is 2.71. The van der Waals surface area contributed by atoms with Crippen LogP contribution in [-0.2, 0) is 12.8 Å². The van der Waals surface area contributed by atoms with Crippen LogP contribution in [0.4, 0.5) is 5.69 Å². The molecule has 0 amide bonds. The van der Waals surface area contributed by atoms with Crippen molar-refractivity contribution in [3.05, 3.63) is 17.2 Å². The van der Waals surface area contributed by atoms with Gasteiger partial charge < -0.3 is 15.2 Å². The lowest BCUT2D eigenvalue weighted by Crippen LogP contribution is -2.08. The fourth-order valence-electron chi connectivity index (χ4n) is 2.25. The molecule has 3 heteroatoms. The van der Waals surface area contributed by atoms with Crippen molar-refractivity contribution in [3.8, 4) is 11.5 Å². The lowest BCUT2D eigenvalue weighted by molar-refractivity contribution is 0.355. The molecule has 2 rings (SSSR count). The lowest BCUT2D eigenvalue weighted by Gasteiger charge is -2.21. The molecule has 1 aliphatic carbocycles. The van der Waals surface area contributed by atoms with Crippen LogP contribution in [0.25, 0.3) is 0 Å². The van der Waals surface area contributed by atoms with E-state index < -0.39 is 0 Å². The molecule has 0 aromatic heterocycles. The van der Waals surface area contributed by atoms with Crippen LogP contribution in [-0.4, -0.2) is 14.2 Å². The van der Waals surface area contributed by atoms with Crippen molar-refractivity contribution in [3.63, 3.8) is 0 Å². The number of benzene rings is 1. The summed E-state index contributed by atoms with van der Waals surface area (Å²) in [4.78, 5) is 0. The number of fused-ring (bicyclic) bond motifs is 1. The van der Waals surface area contributed by atoms with Gasteiger partial charge in [-0.1, -0.05) is 0 Å². The fourth-order valence-corrected chi connectivity index (χ4v) is 2.25. The first-order chi connectivity index (χ1) is 7.27. The van der Waals surface area contributed by atoms with E-state index in [0.29, 0.717) is 5.75 Å². The van der Waals surface area contributed by atoms with E-state index in [1.165, 1.54) is 24.0 Å². The molecule has 1 aromatic carbocycles. The third-order valence-electron chi connectivity index (χ3n) is 3.03. The molecular formula is C12H17NO2. The summed E-state index contributed by atoms with van der Waals surface area (Å²) >= 11 is 0. The highest BCUT2D eigenvalue weighted by atomic mass is 16.5. The smallest absolute Gasteiger partial charge is 0.184 e. The minimum atomic E-state index is 0.679. The summed E-state index contributed by atoms with van der Waals surface area (Å²) in [5.74, 6) is 1.42. The van der Waals surface area contributed by atoms with Crippen molar-refractivity contribution in [2.24, 2.45) is 0 Å². The number of aryl methyl sites for hydroxylation is 1. The van der Waals surface area contributed by atoms with Gasteiger partial charge in [-0.05, 0) is 42.9 Å². The van der Waals surface area contributed by atoms with Crippen molar-refractivity contribution in [2.45, 2.75) is 25.7 Å². The van der Waals surface area contributed by atoms with E-state index in [0.717, 1.165) is 24.3 Å². The van der Waals surface area contributed by atoms with Crippen molar-refractivity contribution in [1.29, 1.82) is 0 Å². The van der Waals surface area contributed by atoms with Gasteiger partial charge in [0.2, 0.25) is 0 Å². The van der Waals surface area contributed by atoms with E-state index in [2.05, 4.69) is 6.07 Å². The molecule has 0 fully saturated rings. The number of anilines is 1. The summed E-state index contributed by atoms with van der Waals surface area (Å²) in [6.45, 7) is 0. The first-order valence-electron chi connectivity index (χ1n) is 5.30. The first kappa shape index (κ1) is 10.1. The van der Waals surface area contributed by atoms with E-state index in [-0.39, 0.29) is 0 Å². The van der Waals surface area contributed by atoms with Crippen molar-refractivity contribution in [1.82, 2.24) is 0 Å². The summed E-state index contributed by atoms with van der Waals surface area (Å²) in [5.41, 5.74) is 9.41. The number of rotatable bonds is 2. The predicted octanol–water partition coefficient (Wildman–Crippen LogP) is 2.16.